The molecule has 28 heavy (non-hydrogen) atoms. The summed E-state index contributed by atoms with van der Waals surface area (Å²) in [5.41, 5.74) is 4.24. The number of fused-ring (bicyclic) bond motifs is 1. The molecule has 0 bridgehead atoms. The molecular formula is C20H19N5O2S. The van der Waals surface area contributed by atoms with Gasteiger partial charge in [-0.2, -0.15) is 8.75 Å². The lowest BCUT2D eigenvalue weighted by Crippen LogP contribution is -2.27. The Morgan fingerprint density at radius 3 is 2.93 bits per heavy atom. The molecule has 0 saturated heterocycles. The maximum absolute atomic E-state index is 12.5. The number of ether oxygens (including phenoxy) is 1. The van der Waals surface area contributed by atoms with E-state index in [0.717, 1.165) is 22.4 Å². The highest BCUT2D eigenvalue weighted by atomic mass is 32.1. The lowest BCUT2D eigenvalue weighted by molar-refractivity contribution is 0.0952. The molecule has 2 aromatic carbocycles. The van der Waals surface area contributed by atoms with Crippen molar-refractivity contribution in [3.8, 4) is 5.75 Å². The Morgan fingerprint density at radius 2 is 2.07 bits per heavy atom. The van der Waals surface area contributed by atoms with Crippen LogP contribution in [0.1, 0.15) is 21.7 Å². The zero-order chi connectivity index (χ0) is 19.3. The van der Waals surface area contributed by atoms with Gasteiger partial charge in [-0.25, -0.2) is 4.98 Å². The Balaban J connectivity index is 1.33. The van der Waals surface area contributed by atoms with Crippen molar-refractivity contribution in [1.82, 2.24) is 23.6 Å². The van der Waals surface area contributed by atoms with Crippen LogP contribution in [-0.2, 0) is 13.2 Å². The zero-order valence-electron chi connectivity index (χ0n) is 15.3. The van der Waals surface area contributed by atoms with Gasteiger partial charge in [0.15, 0.2) is 0 Å². The van der Waals surface area contributed by atoms with Crippen LogP contribution in [0.3, 0.4) is 0 Å². The molecule has 0 spiro atoms. The Labute approximate surface area is 166 Å². The van der Waals surface area contributed by atoms with Gasteiger partial charge in [0.05, 0.1) is 34.8 Å². The number of benzene rings is 2. The lowest BCUT2D eigenvalue weighted by Gasteiger charge is -2.09. The normalized spacial score (nSPS) is 10.9. The van der Waals surface area contributed by atoms with Crippen LogP contribution in [0.5, 0.6) is 5.75 Å². The molecule has 0 unspecified atom stereocenters. The number of carbonyl (C=O) groups is 1. The van der Waals surface area contributed by atoms with Gasteiger partial charge in [0, 0.05) is 18.7 Å². The largest absolute Gasteiger partial charge is 0.487 e. The third kappa shape index (κ3) is 4.01. The van der Waals surface area contributed by atoms with E-state index in [-0.39, 0.29) is 5.91 Å². The molecule has 142 valence electrons. The van der Waals surface area contributed by atoms with E-state index in [1.54, 1.807) is 24.5 Å². The first kappa shape index (κ1) is 18.1. The molecule has 8 heteroatoms. The number of rotatable bonds is 7. The van der Waals surface area contributed by atoms with Crippen molar-refractivity contribution >= 4 is 28.7 Å². The number of para-hydroxylation sites is 2. The fraction of sp³-hybridized carbons (Fsp3) is 0.200. The minimum absolute atomic E-state index is 0.138. The van der Waals surface area contributed by atoms with Crippen molar-refractivity contribution in [2.24, 2.45) is 0 Å². The number of imidazole rings is 1. The van der Waals surface area contributed by atoms with E-state index in [9.17, 15) is 4.79 Å². The number of hydrogen-bond acceptors (Lipinski definition) is 6. The highest BCUT2D eigenvalue weighted by Gasteiger charge is 2.09. The van der Waals surface area contributed by atoms with Crippen molar-refractivity contribution in [3.05, 3.63) is 71.8 Å². The molecular weight excluding hydrogens is 374 g/mol. The van der Waals surface area contributed by atoms with Gasteiger partial charge in [-0.3, -0.25) is 4.79 Å². The summed E-state index contributed by atoms with van der Waals surface area (Å²) in [4.78, 5) is 16.8. The Morgan fingerprint density at radius 1 is 1.18 bits per heavy atom. The van der Waals surface area contributed by atoms with Crippen LogP contribution in [-0.4, -0.2) is 30.8 Å². The van der Waals surface area contributed by atoms with E-state index in [1.807, 2.05) is 41.8 Å². The molecule has 1 amide bonds. The van der Waals surface area contributed by atoms with Crippen molar-refractivity contribution in [1.29, 1.82) is 0 Å². The predicted molar refractivity (Wildman–Crippen MR) is 107 cm³/mol. The van der Waals surface area contributed by atoms with Crippen LogP contribution in [0, 0.1) is 6.92 Å². The lowest BCUT2D eigenvalue weighted by atomic mass is 10.2. The maximum atomic E-state index is 12.5. The van der Waals surface area contributed by atoms with Gasteiger partial charge < -0.3 is 14.6 Å². The predicted octanol–water partition coefficient (Wildman–Crippen LogP) is 3.21. The molecule has 4 rings (SSSR count). The van der Waals surface area contributed by atoms with E-state index in [0.29, 0.717) is 31.0 Å². The molecule has 0 saturated carbocycles. The van der Waals surface area contributed by atoms with Gasteiger partial charge in [-0.1, -0.05) is 18.2 Å². The number of nitrogens with one attached hydrogen (secondary N) is 1. The number of carbonyl (C=O) groups excluding carboxylic acids is 1. The first-order valence-corrected chi connectivity index (χ1v) is 9.63. The third-order valence-corrected chi connectivity index (χ3v) is 5.04. The summed E-state index contributed by atoms with van der Waals surface area (Å²) >= 11 is 1.17. The minimum Gasteiger partial charge on any atom is -0.487 e. The summed E-state index contributed by atoms with van der Waals surface area (Å²) in [6.45, 7) is 3.39. The second kappa shape index (κ2) is 8.18. The van der Waals surface area contributed by atoms with E-state index >= 15 is 0 Å². The van der Waals surface area contributed by atoms with Crippen molar-refractivity contribution < 1.29 is 9.53 Å². The van der Waals surface area contributed by atoms with Gasteiger partial charge in [0.25, 0.3) is 5.91 Å². The van der Waals surface area contributed by atoms with E-state index < -0.39 is 0 Å². The van der Waals surface area contributed by atoms with E-state index in [4.69, 9.17) is 4.74 Å². The number of hydrogen-bond donors (Lipinski definition) is 1. The monoisotopic (exact) mass is 393 g/mol. The Kier molecular flexibility index (Phi) is 5.29. The van der Waals surface area contributed by atoms with Crippen LogP contribution < -0.4 is 10.1 Å². The highest BCUT2D eigenvalue weighted by Crippen LogP contribution is 2.16. The minimum atomic E-state index is -0.138. The molecule has 2 heterocycles. The van der Waals surface area contributed by atoms with Gasteiger partial charge >= 0.3 is 0 Å². The molecule has 0 aliphatic heterocycles. The van der Waals surface area contributed by atoms with Gasteiger partial charge in [0.1, 0.15) is 18.1 Å². The zero-order valence-corrected chi connectivity index (χ0v) is 16.1. The average Bonchev–Trinajstić information content (AvgIpc) is 3.33. The summed E-state index contributed by atoms with van der Waals surface area (Å²) in [6.07, 6.45) is 1.79. The maximum Gasteiger partial charge on any atom is 0.251 e. The second-order valence-corrected chi connectivity index (χ2v) is 6.82. The molecule has 0 atom stereocenters. The fourth-order valence-electron chi connectivity index (χ4n) is 2.84. The number of aromatic nitrogens is 4. The summed E-state index contributed by atoms with van der Waals surface area (Å²) < 4.78 is 16.1. The van der Waals surface area contributed by atoms with Crippen LogP contribution >= 0.6 is 11.7 Å². The van der Waals surface area contributed by atoms with Gasteiger partial charge in [-0.05, 0) is 37.3 Å². The van der Waals surface area contributed by atoms with Crippen LogP contribution in [0.4, 0.5) is 0 Å². The average molecular weight is 393 g/mol. The molecule has 4 aromatic rings. The summed E-state index contributed by atoms with van der Waals surface area (Å²) in [6, 6.07) is 15.1. The molecule has 0 fully saturated rings. The van der Waals surface area contributed by atoms with Gasteiger partial charge in [0.2, 0.25) is 0 Å². The quantitative estimate of drug-likeness (QED) is 0.521. The summed E-state index contributed by atoms with van der Waals surface area (Å²) in [5, 5.41) is 2.94. The molecule has 2 aromatic heterocycles. The molecule has 7 nitrogen and oxygen atoms in total. The van der Waals surface area contributed by atoms with Gasteiger partial charge in [-0.15, -0.1) is 0 Å². The van der Waals surface area contributed by atoms with Crippen LogP contribution in [0.15, 0.2) is 54.9 Å². The fourth-order valence-corrected chi connectivity index (χ4v) is 3.39. The third-order valence-electron chi connectivity index (χ3n) is 4.38. The number of amides is 1. The Hall–Kier alpha value is -3.26. The number of aryl methyl sites for hydroxylation is 1. The standard InChI is InChI=1S/C20H19N5O2S/c1-14-18(24-28-23-14)12-27-16-6-4-5-15(11-16)20(26)21-9-10-25-13-22-17-7-2-3-8-19(17)25/h2-8,11,13H,9-10,12H2,1H3,(H,21,26). The molecule has 0 aliphatic carbocycles. The van der Waals surface area contributed by atoms with Crippen molar-refractivity contribution in [3.63, 3.8) is 0 Å². The summed E-state index contributed by atoms with van der Waals surface area (Å²) in [5.74, 6) is 0.488. The highest BCUT2D eigenvalue weighted by molar-refractivity contribution is 6.99. The smallest absolute Gasteiger partial charge is 0.251 e. The Bertz CT molecular complexity index is 1100. The molecule has 0 aliphatic rings. The molecule has 1 N–H and O–H groups in total. The number of nitrogens with zero attached hydrogens (tertiary/aromatic N) is 4. The van der Waals surface area contributed by atoms with Crippen molar-refractivity contribution in [2.75, 3.05) is 6.54 Å². The SMILES string of the molecule is Cc1nsnc1COc1cccc(C(=O)NCCn2cnc3ccccc32)c1. The first-order chi connectivity index (χ1) is 13.7. The summed E-state index contributed by atoms with van der Waals surface area (Å²) in [7, 11) is 0. The second-order valence-electron chi connectivity index (χ2n) is 6.30. The van der Waals surface area contributed by atoms with Crippen molar-refractivity contribution in [2.45, 2.75) is 20.1 Å². The van der Waals surface area contributed by atoms with Crippen LogP contribution in [0.2, 0.25) is 0 Å². The van der Waals surface area contributed by atoms with E-state index in [2.05, 4.69) is 19.0 Å². The van der Waals surface area contributed by atoms with Crippen LogP contribution in [0.25, 0.3) is 11.0 Å². The molecule has 0 radical (unpaired) electrons. The van der Waals surface area contributed by atoms with E-state index in [1.165, 1.54) is 11.7 Å². The topological polar surface area (TPSA) is 81.9 Å². The first-order valence-electron chi connectivity index (χ1n) is 8.89.